The lowest BCUT2D eigenvalue weighted by Gasteiger charge is -2.23. The van der Waals surface area contributed by atoms with Crippen LogP contribution in [0.1, 0.15) is 52.7 Å². The number of fused-ring (bicyclic) bond motifs is 4. The minimum atomic E-state index is 0.0662. The summed E-state index contributed by atoms with van der Waals surface area (Å²) in [6.45, 7) is 13.8. The lowest BCUT2D eigenvalue weighted by molar-refractivity contribution is 0.591. The zero-order chi connectivity index (χ0) is 36.2. The third-order valence-electron chi connectivity index (χ3n) is 11.6. The molecule has 0 unspecified atom stereocenters. The molecule has 0 fully saturated rings. The molecule has 0 atom stereocenters. The Morgan fingerprint density at radius 3 is 1.70 bits per heavy atom. The highest BCUT2D eigenvalue weighted by Crippen LogP contribution is 2.46. The van der Waals surface area contributed by atoms with Gasteiger partial charge in [-0.3, -0.25) is 0 Å². The summed E-state index contributed by atoms with van der Waals surface area (Å²) < 4.78 is 2.43. The van der Waals surface area contributed by atoms with Gasteiger partial charge in [0.15, 0.2) is 0 Å². The van der Waals surface area contributed by atoms with E-state index in [2.05, 4.69) is 198 Å². The number of rotatable bonds is 3. The van der Waals surface area contributed by atoms with Crippen LogP contribution in [0.5, 0.6) is 0 Å². The fourth-order valence-corrected chi connectivity index (χ4v) is 8.78. The molecule has 0 saturated carbocycles. The van der Waals surface area contributed by atoms with E-state index in [-0.39, 0.29) is 10.8 Å². The van der Waals surface area contributed by atoms with Gasteiger partial charge >= 0.3 is 0 Å². The molecule has 10 rings (SSSR count). The SMILES string of the molecule is CC(C)(C)c1cc2ccc3c(-c4ccc(-n5c6ccccc6c6cc(C(C)(C)C)ccc65)cc4)cc(-c4cccc5ccccc45)c4ccc(c1)c2c34. The van der Waals surface area contributed by atoms with Gasteiger partial charge in [0.1, 0.15) is 0 Å². The van der Waals surface area contributed by atoms with Crippen molar-refractivity contribution in [1.82, 2.24) is 4.57 Å². The molecule has 53 heavy (non-hydrogen) atoms. The molecule has 1 heteroatoms. The molecule has 9 aromatic carbocycles. The Morgan fingerprint density at radius 2 is 0.981 bits per heavy atom. The highest BCUT2D eigenvalue weighted by molar-refractivity contribution is 6.29. The van der Waals surface area contributed by atoms with Gasteiger partial charge in [0, 0.05) is 16.5 Å². The second-order valence-corrected chi connectivity index (χ2v) is 17.0. The van der Waals surface area contributed by atoms with E-state index < -0.39 is 0 Å². The third-order valence-corrected chi connectivity index (χ3v) is 11.6. The van der Waals surface area contributed by atoms with Crippen molar-refractivity contribution in [3.8, 4) is 27.9 Å². The number of aromatic nitrogens is 1. The van der Waals surface area contributed by atoms with Crippen molar-refractivity contribution in [3.63, 3.8) is 0 Å². The summed E-state index contributed by atoms with van der Waals surface area (Å²) in [5.74, 6) is 0. The van der Waals surface area contributed by atoms with Gasteiger partial charge in [0.2, 0.25) is 0 Å². The van der Waals surface area contributed by atoms with Crippen LogP contribution in [-0.4, -0.2) is 4.57 Å². The molecule has 1 nitrogen and oxygen atoms in total. The lowest BCUT2D eigenvalue weighted by atomic mass is 9.81. The van der Waals surface area contributed by atoms with E-state index in [0.717, 1.165) is 0 Å². The normalized spacial score (nSPS) is 12.7. The molecule has 0 amide bonds. The maximum Gasteiger partial charge on any atom is 0.0541 e. The van der Waals surface area contributed by atoms with Gasteiger partial charge in [-0.25, -0.2) is 0 Å². The number of para-hydroxylation sites is 1. The molecule has 256 valence electrons. The van der Waals surface area contributed by atoms with Crippen LogP contribution in [0.3, 0.4) is 0 Å². The molecule has 0 aliphatic carbocycles. The highest BCUT2D eigenvalue weighted by Gasteiger charge is 2.22. The highest BCUT2D eigenvalue weighted by atomic mass is 15.0. The zero-order valence-electron chi connectivity index (χ0n) is 31.4. The number of hydrogen-bond acceptors (Lipinski definition) is 0. The van der Waals surface area contributed by atoms with Crippen LogP contribution in [-0.2, 0) is 10.8 Å². The van der Waals surface area contributed by atoms with Gasteiger partial charge in [0.05, 0.1) is 11.0 Å². The standard InChI is InChI=1S/C52H43N/c1-51(2,3)36-22-27-48-46(30-36)41-15-9-10-17-47(41)53(48)38-23-18-33(19-24-38)44-31-45(40-16-11-13-32-12-7-8-14-39(32)40)43-26-21-35-29-37(52(4,5)6)28-34-20-25-42(44)50(43)49(34)35/h7-31H,1-6H3. The first kappa shape index (κ1) is 31.8. The Labute approximate surface area is 311 Å². The van der Waals surface area contributed by atoms with Crippen LogP contribution < -0.4 is 0 Å². The first-order valence-corrected chi connectivity index (χ1v) is 18.9. The van der Waals surface area contributed by atoms with Crippen molar-refractivity contribution in [2.75, 3.05) is 0 Å². The predicted octanol–water partition coefficient (Wildman–Crippen LogP) is 14.8. The minimum absolute atomic E-state index is 0.0662. The zero-order valence-corrected chi connectivity index (χ0v) is 31.4. The van der Waals surface area contributed by atoms with E-state index in [1.165, 1.54) is 104 Å². The molecule has 0 bridgehead atoms. The first-order chi connectivity index (χ1) is 25.5. The summed E-state index contributed by atoms with van der Waals surface area (Å²) in [6.07, 6.45) is 0. The maximum absolute atomic E-state index is 2.45. The average Bonchev–Trinajstić information content (AvgIpc) is 3.49. The quantitative estimate of drug-likeness (QED) is 0.164. The molecule has 1 heterocycles. The fourth-order valence-electron chi connectivity index (χ4n) is 8.78. The Balaban J connectivity index is 1.22. The van der Waals surface area contributed by atoms with Gasteiger partial charge < -0.3 is 4.57 Å². The van der Waals surface area contributed by atoms with E-state index in [1.807, 2.05) is 0 Å². The fraction of sp³-hybridized carbons (Fsp3) is 0.154. The van der Waals surface area contributed by atoms with Gasteiger partial charge in [-0.2, -0.15) is 0 Å². The molecule has 10 aromatic rings. The molecule has 0 aliphatic rings. The first-order valence-electron chi connectivity index (χ1n) is 18.9. The monoisotopic (exact) mass is 681 g/mol. The molecular weight excluding hydrogens is 639 g/mol. The van der Waals surface area contributed by atoms with Gasteiger partial charge in [-0.05, 0) is 124 Å². The van der Waals surface area contributed by atoms with Gasteiger partial charge in [-0.15, -0.1) is 0 Å². The molecule has 0 spiro atoms. The van der Waals surface area contributed by atoms with Gasteiger partial charge in [-0.1, -0.05) is 157 Å². The van der Waals surface area contributed by atoms with Crippen molar-refractivity contribution >= 4 is 64.9 Å². The molecule has 0 saturated heterocycles. The summed E-state index contributed by atoms with van der Waals surface area (Å²) in [5, 5.41) is 13.1. The summed E-state index contributed by atoms with van der Waals surface area (Å²) in [5.41, 5.74) is 11.6. The van der Waals surface area contributed by atoms with Crippen LogP contribution >= 0.6 is 0 Å². The number of nitrogens with zero attached hydrogens (tertiary/aromatic N) is 1. The molecule has 0 N–H and O–H groups in total. The van der Waals surface area contributed by atoms with Crippen LogP contribution in [0, 0.1) is 0 Å². The summed E-state index contributed by atoms with van der Waals surface area (Å²) in [7, 11) is 0. The van der Waals surface area contributed by atoms with E-state index in [0.29, 0.717) is 0 Å². The van der Waals surface area contributed by atoms with E-state index in [4.69, 9.17) is 0 Å². The van der Waals surface area contributed by atoms with Crippen LogP contribution in [0.25, 0.3) is 92.8 Å². The van der Waals surface area contributed by atoms with Crippen molar-refractivity contribution in [2.45, 2.75) is 52.4 Å². The summed E-state index contributed by atoms with van der Waals surface area (Å²) in [4.78, 5) is 0. The average molecular weight is 682 g/mol. The Kier molecular flexibility index (Phi) is 6.77. The van der Waals surface area contributed by atoms with Crippen molar-refractivity contribution in [1.29, 1.82) is 0 Å². The van der Waals surface area contributed by atoms with Crippen molar-refractivity contribution < 1.29 is 0 Å². The second-order valence-electron chi connectivity index (χ2n) is 17.0. The Hall–Kier alpha value is -5.92. The van der Waals surface area contributed by atoms with E-state index >= 15 is 0 Å². The molecule has 0 radical (unpaired) electrons. The van der Waals surface area contributed by atoms with E-state index in [1.54, 1.807) is 0 Å². The summed E-state index contributed by atoms with van der Waals surface area (Å²) >= 11 is 0. The van der Waals surface area contributed by atoms with Crippen LogP contribution in [0.15, 0.2) is 152 Å². The maximum atomic E-state index is 2.45. The number of hydrogen-bond donors (Lipinski definition) is 0. The van der Waals surface area contributed by atoms with Gasteiger partial charge in [0.25, 0.3) is 0 Å². The van der Waals surface area contributed by atoms with Crippen molar-refractivity contribution in [2.24, 2.45) is 0 Å². The van der Waals surface area contributed by atoms with E-state index in [9.17, 15) is 0 Å². The predicted molar refractivity (Wildman–Crippen MR) is 230 cm³/mol. The minimum Gasteiger partial charge on any atom is -0.309 e. The summed E-state index contributed by atoms with van der Waals surface area (Å²) in [6, 6.07) is 57.3. The smallest absolute Gasteiger partial charge is 0.0541 e. The van der Waals surface area contributed by atoms with Crippen LogP contribution in [0.2, 0.25) is 0 Å². The second kappa shape index (κ2) is 11.3. The van der Waals surface area contributed by atoms with Crippen molar-refractivity contribution in [3.05, 3.63) is 163 Å². The Bertz CT molecular complexity index is 3030. The Morgan fingerprint density at radius 1 is 0.358 bits per heavy atom. The van der Waals surface area contributed by atoms with Crippen LogP contribution in [0.4, 0.5) is 0 Å². The largest absolute Gasteiger partial charge is 0.309 e. The third kappa shape index (κ3) is 4.91. The molecule has 0 aliphatic heterocycles. The molecule has 1 aromatic heterocycles. The topological polar surface area (TPSA) is 4.93 Å². The molecular formula is C52H43N. The lowest BCUT2D eigenvalue weighted by Crippen LogP contribution is -2.10. The number of benzene rings is 9.